The second kappa shape index (κ2) is 5.79. The van der Waals surface area contributed by atoms with E-state index in [9.17, 15) is 17.9 Å². The zero-order valence-electron chi connectivity index (χ0n) is 11.7. The maximum Gasteiger partial charge on any atom is 0.246 e. The van der Waals surface area contributed by atoms with Crippen LogP contribution >= 0.6 is 0 Å². The Morgan fingerprint density at radius 1 is 1.45 bits per heavy atom. The Morgan fingerprint density at radius 3 is 2.80 bits per heavy atom. The number of rotatable bonds is 3. The Hall–Kier alpha value is -0.980. The largest absolute Gasteiger partial charge is 0.393 e. The number of aryl methyl sites for hydroxylation is 1. The first-order valence-electron chi connectivity index (χ1n) is 6.76. The van der Waals surface area contributed by atoms with E-state index in [-0.39, 0.29) is 17.4 Å². The second-order valence-corrected chi connectivity index (χ2v) is 7.35. The van der Waals surface area contributed by atoms with Gasteiger partial charge in [-0.1, -0.05) is 6.07 Å². The molecule has 1 aromatic carbocycles. The van der Waals surface area contributed by atoms with Gasteiger partial charge >= 0.3 is 0 Å². The van der Waals surface area contributed by atoms with Gasteiger partial charge in [-0.3, -0.25) is 0 Å². The van der Waals surface area contributed by atoms with Gasteiger partial charge in [-0.05, 0) is 50.3 Å². The van der Waals surface area contributed by atoms with Crippen LogP contribution in [0.5, 0.6) is 0 Å². The van der Waals surface area contributed by atoms with Crippen molar-refractivity contribution in [2.45, 2.75) is 37.7 Å². The lowest BCUT2D eigenvalue weighted by Crippen LogP contribution is -2.43. The molecule has 0 amide bonds. The standard InChI is InChI=1S/C14H20FNO3S/c1-10-5-6-13(15)14(8-10)20(18,19)16-7-3-4-12(9-16)11(2)17/h5-6,8,11-12,17H,3-4,7,9H2,1-2H3. The Kier molecular flexibility index (Phi) is 4.46. The molecular formula is C14H20FNO3S. The van der Waals surface area contributed by atoms with E-state index in [4.69, 9.17) is 0 Å². The van der Waals surface area contributed by atoms with Crippen LogP contribution in [0.1, 0.15) is 25.3 Å². The van der Waals surface area contributed by atoms with Crippen molar-refractivity contribution in [1.29, 1.82) is 0 Å². The molecule has 112 valence electrons. The van der Waals surface area contributed by atoms with Gasteiger partial charge in [0.25, 0.3) is 0 Å². The van der Waals surface area contributed by atoms with Gasteiger partial charge in [-0.2, -0.15) is 4.31 Å². The summed E-state index contributed by atoms with van der Waals surface area (Å²) in [4.78, 5) is -0.274. The number of aliphatic hydroxyl groups excluding tert-OH is 1. The highest BCUT2D eigenvalue weighted by Gasteiger charge is 2.33. The Bertz CT molecular complexity index is 586. The Morgan fingerprint density at radius 2 is 2.15 bits per heavy atom. The van der Waals surface area contributed by atoms with E-state index in [0.29, 0.717) is 18.5 Å². The topological polar surface area (TPSA) is 57.6 Å². The van der Waals surface area contributed by atoms with Gasteiger partial charge in [-0.15, -0.1) is 0 Å². The summed E-state index contributed by atoms with van der Waals surface area (Å²) in [6.07, 6.45) is 0.915. The minimum Gasteiger partial charge on any atom is -0.393 e. The number of aliphatic hydroxyl groups is 1. The van der Waals surface area contributed by atoms with Gasteiger partial charge in [0.2, 0.25) is 10.0 Å². The van der Waals surface area contributed by atoms with Crippen molar-refractivity contribution in [3.8, 4) is 0 Å². The quantitative estimate of drug-likeness (QED) is 0.928. The smallest absolute Gasteiger partial charge is 0.246 e. The third-order valence-electron chi connectivity index (χ3n) is 3.81. The van der Waals surface area contributed by atoms with Gasteiger partial charge < -0.3 is 5.11 Å². The minimum absolute atomic E-state index is 0.0913. The van der Waals surface area contributed by atoms with Crippen LogP contribution < -0.4 is 0 Å². The van der Waals surface area contributed by atoms with Crippen molar-refractivity contribution in [3.63, 3.8) is 0 Å². The summed E-state index contributed by atoms with van der Waals surface area (Å²) in [6.45, 7) is 4.01. The van der Waals surface area contributed by atoms with Crippen LogP contribution in [0.2, 0.25) is 0 Å². The van der Waals surface area contributed by atoms with Crippen LogP contribution in [0, 0.1) is 18.7 Å². The van der Waals surface area contributed by atoms with Crippen LogP contribution in [-0.4, -0.2) is 37.0 Å². The maximum absolute atomic E-state index is 13.8. The molecule has 1 aliphatic rings. The van der Waals surface area contributed by atoms with Crippen molar-refractivity contribution < 1.29 is 17.9 Å². The lowest BCUT2D eigenvalue weighted by Gasteiger charge is -2.33. The van der Waals surface area contributed by atoms with Gasteiger partial charge in [-0.25, -0.2) is 12.8 Å². The molecule has 20 heavy (non-hydrogen) atoms. The molecule has 2 atom stereocenters. The van der Waals surface area contributed by atoms with Crippen LogP contribution in [0.4, 0.5) is 4.39 Å². The normalized spacial score (nSPS) is 22.7. The van der Waals surface area contributed by atoms with Crippen molar-refractivity contribution in [3.05, 3.63) is 29.6 Å². The maximum atomic E-state index is 13.8. The van der Waals surface area contributed by atoms with Gasteiger partial charge in [0.05, 0.1) is 6.10 Å². The number of hydrogen-bond donors (Lipinski definition) is 1. The van der Waals surface area contributed by atoms with Gasteiger partial charge in [0.15, 0.2) is 0 Å². The fourth-order valence-corrected chi connectivity index (χ4v) is 4.22. The molecular weight excluding hydrogens is 281 g/mol. The summed E-state index contributed by atoms with van der Waals surface area (Å²) in [5.41, 5.74) is 0.703. The lowest BCUT2D eigenvalue weighted by molar-refractivity contribution is 0.0885. The van der Waals surface area contributed by atoms with Crippen molar-refractivity contribution in [2.24, 2.45) is 5.92 Å². The van der Waals surface area contributed by atoms with E-state index in [0.717, 1.165) is 6.42 Å². The van der Waals surface area contributed by atoms with E-state index in [2.05, 4.69) is 0 Å². The number of nitrogens with zero attached hydrogens (tertiary/aromatic N) is 1. The van der Waals surface area contributed by atoms with E-state index in [1.165, 1.54) is 16.4 Å². The lowest BCUT2D eigenvalue weighted by atomic mass is 9.95. The number of benzene rings is 1. The molecule has 0 aromatic heterocycles. The molecule has 0 radical (unpaired) electrons. The predicted molar refractivity (Wildman–Crippen MR) is 74.3 cm³/mol. The first kappa shape index (κ1) is 15.4. The highest BCUT2D eigenvalue weighted by atomic mass is 32.2. The minimum atomic E-state index is -3.83. The van der Waals surface area contributed by atoms with Crippen molar-refractivity contribution in [2.75, 3.05) is 13.1 Å². The zero-order valence-corrected chi connectivity index (χ0v) is 12.5. The molecule has 1 N–H and O–H groups in total. The molecule has 1 fully saturated rings. The van der Waals surface area contributed by atoms with E-state index in [1.807, 2.05) is 0 Å². The predicted octanol–water partition coefficient (Wildman–Crippen LogP) is 1.92. The van der Waals surface area contributed by atoms with Crippen LogP contribution in [0.25, 0.3) is 0 Å². The Balaban J connectivity index is 2.32. The molecule has 0 saturated carbocycles. The Labute approximate surface area is 119 Å². The van der Waals surface area contributed by atoms with E-state index >= 15 is 0 Å². The molecule has 1 aliphatic heterocycles. The number of sulfonamides is 1. The molecule has 1 heterocycles. The van der Waals surface area contributed by atoms with Crippen LogP contribution in [-0.2, 0) is 10.0 Å². The summed E-state index contributed by atoms with van der Waals surface area (Å²) in [5.74, 6) is -0.818. The van der Waals surface area contributed by atoms with Gasteiger partial charge in [0, 0.05) is 13.1 Å². The molecule has 0 bridgehead atoms. The van der Waals surface area contributed by atoms with E-state index < -0.39 is 21.9 Å². The number of piperidine rings is 1. The first-order chi connectivity index (χ1) is 9.32. The van der Waals surface area contributed by atoms with Gasteiger partial charge in [0.1, 0.15) is 10.7 Å². The average Bonchev–Trinajstić information content (AvgIpc) is 2.41. The van der Waals surface area contributed by atoms with Crippen molar-refractivity contribution in [1.82, 2.24) is 4.31 Å². The summed E-state index contributed by atoms with van der Waals surface area (Å²) in [5, 5.41) is 9.63. The van der Waals surface area contributed by atoms with Crippen LogP contribution in [0.3, 0.4) is 0 Å². The molecule has 6 heteroatoms. The molecule has 1 saturated heterocycles. The third kappa shape index (κ3) is 3.02. The number of hydrogen-bond acceptors (Lipinski definition) is 3. The summed E-state index contributed by atoms with van der Waals surface area (Å²) < 4.78 is 40.2. The number of halogens is 1. The molecule has 0 aliphatic carbocycles. The zero-order chi connectivity index (χ0) is 14.9. The molecule has 0 spiro atoms. The highest BCUT2D eigenvalue weighted by molar-refractivity contribution is 7.89. The molecule has 1 aromatic rings. The first-order valence-corrected chi connectivity index (χ1v) is 8.20. The second-order valence-electron chi connectivity index (χ2n) is 5.44. The molecule has 4 nitrogen and oxygen atoms in total. The summed E-state index contributed by atoms with van der Waals surface area (Å²) >= 11 is 0. The monoisotopic (exact) mass is 301 g/mol. The summed E-state index contributed by atoms with van der Waals surface area (Å²) in [7, 11) is -3.83. The third-order valence-corrected chi connectivity index (χ3v) is 5.69. The fourth-order valence-electron chi connectivity index (χ4n) is 2.53. The highest BCUT2D eigenvalue weighted by Crippen LogP contribution is 2.27. The summed E-state index contributed by atoms with van der Waals surface area (Å²) in [6, 6.07) is 4.08. The molecule has 2 rings (SSSR count). The average molecular weight is 301 g/mol. The van der Waals surface area contributed by atoms with Crippen LogP contribution in [0.15, 0.2) is 23.1 Å². The SMILES string of the molecule is Cc1ccc(F)c(S(=O)(=O)N2CCCC(C(C)O)C2)c1. The van der Waals surface area contributed by atoms with Crippen molar-refractivity contribution >= 4 is 10.0 Å². The fraction of sp³-hybridized carbons (Fsp3) is 0.571. The van der Waals surface area contributed by atoms with E-state index in [1.54, 1.807) is 19.9 Å². The molecule has 2 unspecified atom stereocenters.